The van der Waals surface area contributed by atoms with Crippen molar-refractivity contribution in [1.29, 1.82) is 0 Å². The average Bonchev–Trinajstić information content (AvgIpc) is 2.28. The molecule has 1 N–H and O–H groups in total. The molecule has 0 atom stereocenters. The van der Waals surface area contributed by atoms with Gasteiger partial charge in [0.1, 0.15) is 5.82 Å². The van der Waals surface area contributed by atoms with Crippen molar-refractivity contribution in [2.75, 3.05) is 18.6 Å². The van der Waals surface area contributed by atoms with Crippen LogP contribution in [0.2, 0.25) is 5.02 Å². The topological polar surface area (TPSA) is 12.0 Å². The van der Waals surface area contributed by atoms with Crippen molar-refractivity contribution in [2.45, 2.75) is 19.4 Å². The van der Waals surface area contributed by atoms with E-state index in [1.165, 1.54) is 18.2 Å². The highest BCUT2D eigenvalue weighted by molar-refractivity contribution is 7.98. The molecular formula is C12H17ClFNS. The van der Waals surface area contributed by atoms with E-state index in [0.717, 1.165) is 18.5 Å². The Morgan fingerprint density at radius 3 is 2.88 bits per heavy atom. The van der Waals surface area contributed by atoms with Gasteiger partial charge in [0.2, 0.25) is 0 Å². The molecule has 16 heavy (non-hydrogen) atoms. The fraction of sp³-hybridized carbons (Fsp3) is 0.500. The maximum Gasteiger partial charge on any atom is 0.142 e. The quantitative estimate of drug-likeness (QED) is 0.751. The fourth-order valence-corrected chi connectivity index (χ4v) is 1.99. The molecule has 0 amide bonds. The first-order chi connectivity index (χ1) is 7.74. The molecule has 1 aromatic rings. The van der Waals surface area contributed by atoms with Crippen LogP contribution in [0.25, 0.3) is 0 Å². The van der Waals surface area contributed by atoms with E-state index >= 15 is 0 Å². The molecule has 0 heterocycles. The van der Waals surface area contributed by atoms with Crippen molar-refractivity contribution in [3.05, 3.63) is 34.6 Å². The Kier molecular flexibility index (Phi) is 6.85. The molecule has 0 saturated carbocycles. The third-order valence-electron chi connectivity index (χ3n) is 2.27. The summed E-state index contributed by atoms with van der Waals surface area (Å²) in [6.07, 6.45) is 4.50. The lowest BCUT2D eigenvalue weighted by Crippen LogP contribution is -2.14. The molecule has 0 aliphatic heterocycles. The largest absolute Gasteiger partial charge is 0.313 e. The Balaban J connectivity index is 2.19. The van der Waals surface area contributed by atoms with Crippen LogP contribution < -0.4 is 5.32 Å². The van der Waals surface area contributed by atoms with Crippen molar-refractivity contribution in [3.63, 3.8) is 0 Å². The summed E-state index contributed by atoms with van der Waals surface area (Å²) in [4.78, 5) is 0. The van der Waals surface area contributed by atoms with Gasteiger partial charge in [0.25, 0.3) is 0 Å². The molecule has 0 aromatic heterocycles. The number of thioether (sulfide) groups is 1. The van der Waals surface area contributed by atoms with E-state index in [2.05, 4.69) is 11.6 Å². The van der Waals surface area contributed by atoms with E-state index in [-0.39, 0.29) is 10.8 Å². The lowest BCUT2D eigenvalue weighted by Gasteiger charge is -2.05. The van der Waals surface area contributed by atoms with E-state index in [9.17, 15) is 4.39 Å². The third-order valence-corrected chi connectivity index (χ3v) is 3.27. The molecule has 0 aliphatic carbocycles. The summed E-state index contributed by atoms with van der Waals surface area (Å²) in [5, 5.41) is 3.47. The zero-order chi connectivity index (χ0) is 11.8. The van der Waals surface area contributed by atoms with Crippen molar-refractivity contribution < 1.29 is 4.39 Å². The number of halogens is 2. The predicted octanol–water partition coefficient (Wildman–Crippen LogP) is 3.71. The third kappa shape index (κ3) is 5.19. The molecule has 4 heteroatoms. The van der Waals surface area contributed by atoms with Crippen LogP contribution in [0.1, 0.15) is 18.4 Å². The number of rotatable bonds is 7. The first-order valence-electron chi connectivity index (χ1n) is 5.37. The van der Waals surface area contributed by atoms with Gasteiger partial charge in [0, 0.05) is 6.54 Å². The number of hydrogen-bond acceptors (Lipinski definition) is 2. The van der Waals surface area contributed by atoms with Gasteiger partial charge in [-0.15, -0.1) is 0 Å². The molecule has 0 spiro atoms. The standard InChI is InChI=1S/C12H17ClFNS/c1-16-7-3-2-6-15-9-10-4-5-11(13)12(14)8-10/h4-5,8,15H,2-3,6-7,9H2,1H3. The Hall–Kier alpha value is -0.250. The maximum atomic E-state index is 13.1. The lowest BCUT2D eigenvalue weighted by atomic mass is 10.2. The van der Waals surface area contributed by atoms with Gasteiger partial charge in [-0.2, -0.15) is 11.8 Å². The summed E-state index contributed by atoms with van der Waals surface area (Å²) in [6, 6.07) is 4.93. The highest BCUT2D eigenvalue weighted by Gasteiger charge is 2.00. The van der Waals surface area contributed by atoms with Crippen LogP contribution >= 0.6 is 23.4 Å². The van der Waals surface area contributed by atoms with Crippen molar-refractivity contribution in [3.8, 4) is 0 Å². The second-order valence-corrected chi connectivity index (χ2v) is 5.02. The summed E-state index contributed by atoms with van der Waals surface area (Å²) < 4.78 is 13.1. The minimum atomic E-state index is -0.344. The van der Waals surface area contributed by atoms with Crippen LogP contribution in [-0.4, -0.2) is 18.6 Å². The smallest absolute Gasteiger partial charge is 0.142 e. The van der Waals surface area contributed by atoms with Crippen LogP contribution in [0.15, 0.2) is 18.2 Å². The molecule has 0 unspecified atom stereocenters. The molecule has 1 aromatic carbocycles. The van der Waals surface area contributed by atoms with Crippen LogP contribution in [0.4, 0.5) is 4.39 Å². The zero-order valence-electron chi connectivity index (χ0n) is 9.43. The van der Waals surface area contributed by atoms with Crippen molar-refractivity contribution in [2.24, 2.45) is 0 Å². The number of unbranched alkanes of at least 4 members (excludes halogenated alkanes) is 1. The highest BCUT2D eigenvalue weighted by atomic mass is 35.5. The SMILES string of the molecule is CSCCCCNCc1ccc(Cl)c(F)c1. The first-order valence-corrected chi connectivity index (χ1v) is 7.15. The average molecular weight is 262 g/mol. The van der Waals surface area contributed by atoms with Gasteiger partial charge in [-0.05, 0) is 49.1 Å². The number of nitrogens with one attached hydrogen (secondary N) is 1. The molecule has 1 rings (SSSR count). The maximum absolute atomic E-state index is 13.1. The summed E-state index contributed by atoms with van der Waals surface area (Å²) in [6.45, 7) is 1.68. The van der Waals surface area contributed by atoms with E-state index in [1.54, 1.807) is 6.07 Å². The van der Waals surface area contributed by atoms with E-state index in [4.69, 9.17) is 11.6 Å². The monoisotopic (exact) mass is 261 g/mol. The second-order valence-electron chi connectivity index (χ2n) is 3.63. The van der Waals surface area contributed by atoms with Crippen LogP contribution in [-0.2, 0) is 6.54 Å². The van der Waals surface area contributed by atoms with Crippen molar-refractivity contribution in [1.82, 2.24) is 5.32 Å². The molecule has 1 nitrogen and oxygen atoms in total. The van der Waals surface area contributed by atoms with E-state index < -0.39 is 0 Å². The lowest BCUT2D eigenvalue weighted by molar-refractivity contribution is 0.615. The van der Waals surface area contributed by atoms with E-state index in [0.29, 0.717) is 6.54 Å². The van der Waals surface area contributed by atoms with E-state index in [1.807, 2.05) is 17.8 Å². The molecule has 90 valence electrons. The van der Waals surface area contributed by atoms with Gasteiger partial charge >= 0.3 is 0 Å². The fourth-order valence-electron chi connectivity index (χ4n) is 1.38. The van der Waals surface area contributed by atoms with Crippen LogP contribution in [0, 0.1) is 5.82 Å². The van der Waals surface area contributed by atoms with Gasteiger partial charge in [-0.25, -0.2) is 4.39 Å². The number of hydrogen-bond donors (Lipinski definition) is 1. The summed E-state index contributed by atoms with van der Waals surface area (Å²) in [7, 11) is 0. The van der Waals surface area contributed by atoms with Gasteiger partial charge in [-0.1, -0.05) is 17.7 Å². The molecule has 0 aliphatic rings. The molecule has 0 bridgehead atoms. The normalized spacial score (nSPS) is 10.7. The molecule has 0 fully saturated rings. The Morgan fingerprint density at radius 1 is 1.38 bits per heavy atom. The summed E-state index contributed by atoms with van der Waals surface area (Å²) >= 11 is 7.47. The first kappa shape index (κ1) is 13.8. The highest BCUT2D eigenvalue weighted by Crippen LogP contribution is 2.15. The molecule has 0 radical (unpaired) electrons. The van der Waals surface area contributed by atoms with Crippen LogP contribution in [0.3, 0.4) is 0 Å². The minimum absolute atomic E-state index is 0.184. The second kappa shape index (κ2) is 7.93. The predicted molar refractivity (Wildman–Crippen MR) is 70.7 cm³/mol. The van der Waals surface area contributed by atoms with Gasteiger partial charge < -0.3 is 5.32 Å². The van der Waals surface area contributed by atoms with Crippen LogP contribution in [0.5, 0.6) is 0 Å². The zero-order valence-corrected chi connectivity index (χ0v) is 11.0. The number of benzene rings is 1. The summed E-state index contributed by atoms with van der Waals surface area (Å²) in [5.41, 5.74) is 0.937. The Morgan fingerprint density at radius 2 is 2.19 bits per heavy atom. The summed E-state index contributed by atoms with van der Waals surface area (Å²) in [5.74, 6) is 0.861. The molecular weight excluding hydrogens is 245 g/mol. The van der Waals surface area contributed by atoms with Gasteiger partial charge in [0.15, 0.2) is 0 Å². The van der Waals surface area contributed by atoms with Crippen molar-refractivity contribution >= 4 is 23.4 Å². The minimum Gasteiger partial charge on any atom is -0.313 e. The Bertz CT molecular complexity index is 320. The Labute approximate surface area is 106 Å². The van der Waals surface area contributed by atoms with Gasteiger partial charge in [-0.3, -0.25) is 0 Å². The molecule has 0 saturated heterocycles. The van der Waals surface area contributed by atoms with Gasteiger partial charge in [0.05, 0.1) is 5.02 Å².